The first kappa shape index (κ1) is 100. The number of carbonyl (C=O) groups excluding carboxylic acids is 6. The fraction of sp³-hybridized carbons (Fsp3) is 0.818. The lowest BCUT2D eigenvalue weighted by Crippen LogP contribution is -2.50. The molecule has 6 fully saturated rings. The lowest BCUT2D eigenvalue weighted by atomic mass is 9.85. The smallest absolute Gasteiger partial charge is 0.225 e. The number of carbonyl (C=O) groups is 6. The highest BCUT2D eigenvalue weighted by atomic mass is 16.7. The summed E-state index contributed by atoms with van der Waals surface area (Å²) in [6, 6.07) is 0. The van der Waals surface area contributed by atoms with E-state index in [2.05, 4.69) is 87.7 Å². The SMILES string of the molecule is C/C(=C\[C@@H](C)CC[C@@H]1CCC[C@]2(CCC(C)[C@@H](CCCNC(=O)[C@@H](C)[C@@H](O)CNC(=O)CC3O[C@H](CC(=O)/C=C/CCCCN=[N+]=[N-])CCC3C)O2)O1)[C@H](C)O.C/C=C/C(=O)C[C@@H]1CCC(C)C(CC(=O)NC[C@H](O)[C@H](C)C(=O)NCCC[C@H]2O[C@@]3(CCC[C@@H](CC[C@H](C)/C=C(\C)C(C)O)O3)CCC2C)O1.C=CCCCN=[N+]=[N-]. The molecule has 0 aromatic carbocycles. The number of allylic oxidation sites excluding steroid dienone is 7. The Balaban J connectivity index is 0.000000440. The van der Waals surface area contributed by atoms with Gasteiger partial charge in [0.2, 0.25) is 23.6 Å². The number of aliphatic hydroxyl groups is 4. The Hall–Kier alpha value is -5.86. The molecule has 0 aliphatic carbocycles. The molecule has 6 aliphatic rings. The average molecular weight is 1600 g/mol. The zero-order chi connectivity index (χ0) is 84.2. The van der Waals surface area contributed by atoms with Crippen molar-refractivity contribution in [2.45, 2.75) is 374 Å². The molecule has 0 radical (unpaired) electrons. The van der Waals surface area contributed by atoms with Crippen molar-refractivity contribution in [3.63, 3.8) is 0 Å². The summed E-state index contributed by atoms with van der Waals surface area (Å²) < 4.78 is 39.0. The third kappa shape index (κ3) is 39.1. The van der Waals surface area contributed by atoms with Gasteiger partial charge in [-0.2, -0.15) is 0 Å². The topological polar surface area (TPSA) is 384 Å². The molecule has 6 rings (SSSR count). The van der Waals surface area contributed by atoms with Crippen LogP contribution in [0.2, 0.25) is 0 Å². The maximum atomic E-state index is 12.9. The molecule has 8 N–H and O–H groups in total. The molecule has 26 nitrogen and oxygen atoms in total. The van der Waals surface area contributed by atoms with Crippen molar-refractivity contribution in [1.82, 2.24) is 21.3 Å². The largest absolute Gasteiger partial charge is 0.390 e. The van der Waals surface area contributed by atoms with E-state index in [-0.39, 0.29) is 128 Å². The monoisotopic (exact) mass is 1600 g/mol. The van der Waals surface area contributed by atoms with Crippen LogP contribution in [0.5, 0.6) is 0 Å². The molecular weight excluding hydrogens is 1450 g/mol. The van der Waals surface area contributed by atoms with Gasteiger partial charge in [-0.1, -0.05) is 96.0 Å². The number of nitrogens with one attached hydrogen (secondary N) is 4. The second-order valence-electron chi connectivity index (χ2n) is 34.1. The van der Waals surface area contributed by atoms with E-state index in [0.717, 1.165) is 185 Å². The van der Waals surface area contributed by atoms with E-state index in [1.165, 1.54) is 0 Å². The minimum Gasteiger partial charge on any atom is -0.390 e. The Bertz CT molecular complexity index is 3100. The molecule has 0 bridgehead atoms. The third-order valence-corrected chi connectivity index (χ3v) is 24.0. The molecule has 114 heavy (non-hydrogen) atoms. The number of hydrogen-bond donors (Lipinski definition) is 8. The fourth-order valence-electron chi connectivity index (χ4n) is 15.9. The Morgan fingerprint density at radius 2 is 0.921 bits per heavy atom. The average Bonchev–Trinajstić information content (AvgIpc) is 0.797. The minimum atomic E-state index is -1.04. The van der Waals surface area contributed by atoms with Crippen molar-refractivity contribution in [3.8, 4) is 0 Å². The zero-order valence-electron chi connectivity index (χ0n) is 71.8. The first-order valence-electron chi connectivity index (χ1n) is 43.5. The molecule has 4 amide bonds. The Labute approximate surface area is 682 Å². The van der Waals surface area contributed by atoms with E-state index in [1.54, 1.807) is 45.9 Å². The highest BCUT2D eigenvalue weighted by Crippen LogP contribution is 2.45. The lowest BCUT2D eigenvalue weighted by Gasteiger charge is -2.48. The summed E-state index contributed by atoms with van der Waals surface area (Å²) in [7, 11) is 0. The van der Waals surface area contributed by atoms with Crippen LogP contribution in [0.1, 0.15) is 289 Å². The standard InChI is InChI=1S/C43H73N5O8.C40H68N2O8.C5H9N3/c1-29(25-32(4)34(6)49)16-18-36-14-11-21-43(55-36)22-20-31(3)39(56-43)15-12-23-45-42(53)33(5)38(51)28-46-41(52)27-40-30(2)17-19-37(54-40)26-35(50)13-9-7-8-10-24-47-48-44;1-8-11-32(44)23-34-17-15-27(3)37(48-34)24-38(46)42-25-35(45)30(6)39(47)41-21-10-13-36-28(4)18-20-40(50-36)19-9-12-33(49-40)16-14-26(2)22-29(5)31(7)43;1-2-3-4-5-7-8-6/h9,13,25,29-31,33-34,36-40,49,51H,7-8,10-12,14-24,26-28H2,1-6H3,(H,45,53)(H,46,52);8,11,22,26-28,30-31,33-37,43,45H,9-10,12-21,23-25H2,1-7H3,(H,41,47)(H,42,46);2H,1,3-5H2/b13-9+,32-25+;11-8+,29-22+;/t29-,30?,31?,33-,34-,36-,37-,38-,39+,40?,43-;26-,27?,28?,30-,31?,33-,34-,35-,36+,37?,40-;/m00./s1. The van der Waals surface area contributed by atoms with Crippen LogP contribution in [-0.4, -0.2) is 180 Å². The molecular formula is C88H150N10O16. The number of unbranched alkanes of at least 4 members (excludes halogenated alkanes) is 3. The Kier molecular flexibility index (Phi) is 48.5. The Morgan fingerprint density at radius 1 is 0.500 bits per heavy atom. The van der Waals surface area contributed by atoms with Crippen molar-refractivity contribution in [2.75, 3.05) is 39.3 Å². The summed E-state index contributed by atoms with van der Waals surface area (Å²) in [4.78, 5) is 81.1. The number of amides is 4. The van der Waals surface area contributed by atoms with Crippen molar-refractivity contribution in [2.24, 2.45) is 57.6 Å². The van der Waals surface area contributed by atoms with Crippen molar-refractivity contribution in [3.05, 3.63) is 81.1 Å². The van der Waals surface area contributed by atoms with Gasteiger partial charge in [0, 0.05) is 87.6 Å². The van der Waals surface area contributed by atoms with Crippen LogP contribution in [0.25, 0.3) is 20.9 Å². The number of ether oxygens (including phenoxy) is 6. The molecule has 0 saturated carbocycles. The van der Waals surface area contributed by atoms with Crippen LogP contribution < -0.4 is 21.3 Å². The van der Waals surface area contributed by atoms with Gasteiger partial charge in [0.1, 0.15) is 0 Å². The molecule has 2 spiro atoms. The number of aliphatic hydroxyl groups excluding tert-OH is 4. The van der Waals surface area contributed by atoms with E-state index < -0.39 is 47.8 Å². The minimum absolute atomic E-state index is 0.0123. The maximum Gasteiger partial charge on any atom is 0.225 e. The second-order valence-corrected chi connectivity index (χ2v) is 34.1. The van der Waals surface area contributed by atoms with Crippen LogP contribution in [-0.2, 0) is 57.2 Å². The fourth-order valence-corrected chi connectivity index (χ4v) is 15.9. The summed E-state index contributed by atoms with van der Waals surface area (Å²) in [5.41, 5.74) is 18.1. The molecule has 0 aromatic rings. The molecule has 648 valence electrons. The summed E-state index contributed by atoms with van der Waals surface area (Å²) in [5, 5.41) is 59.4. The van der Waals surface area contributed by atoms with Crippen molar-refractivity contribution < 1.29 is 77.6 Å². The van der Waals surface area contributed by atoms with Gasteiger partial charge in [-0.05, 0) is 252 Å². The number of hydrogen-bond acceptors (Lipinski definition) is 18. The van der Waals surface area contributed by atoms with Crippen molar-refractivity contribution >= 4 is 35.2 Å². The Morgan fingerprint density at radius 3 is 1.33 bits per heavy atom. The highest BCUT2D eigenvalue weighted by Gasteiger charge is 2.46. The number of nitrogens with zero attached hydrogens (tertiary/aromatic N) is 6. The number of rotatable bonds is 45. The van der Waals surface area contributed by atoms with E-state index in [0.29, 0.717) is 56.3 Å². The zero-order valence-corrected chi connectivity index (χ0v) is 71.8. The van der Waals surface area contributed by atoms with E-state index >= 15 is 0 Å². The van der Waals surface area contributed by atoms with Crippen LogP contribution in [0.15, 0.2) is 70.5 Å². The first-order valence-corrected chi connectivity index (χ1v) is 43.5. The van der Waals surface area contributed by atoms with Gasteiger partial charge in [0.25, 0.3) is 0 Å². The van der Waals surface area contributed by atoms with Crippen LogP contribution >= 0.6 is 0 Å². The van der Waals surface area contributed by atoms with Gasteiger partial charge in [-0.3, -0.25) is 28.8 Å². The van der Waals surface area contributed by atoms with Crippen LogP contribution in [0.4, 0.5) is 0 Å². The predicted octanol–water partition coefficient (Wildman–Crippen LogP) is 15.6. The summed E-state index contributed by atoms with van der Waals surface area (Å²) >= 11 is 0. The predicted molar refractivity (Wildman–Crippen MR) is 446 cm³/mol. The highest BCUT2D eigenvalue weighted by molar-refractivity contribution is 5.90. The summed E-state index contributed by atoms with van der Waals surface area (Å²) in [5.74, 6) is -1.52. The van der Waals surface area contributed by atoms with Crippen LogP contribution in [0.3, 0.4) is 0 Å². The van der Waals surface area contributed by atoms with Gasteiger partial charge < -0.3 is 70.1 Å². The first-order chi connectivity index (χ1) is 54.3. The van der Waals surface area contributed by atoms with Crippen molar-refractivity contribution in [1.29, 1.82) is 0 Å². The molecule has 22 atom stereocenters. The van der Waals surface area contributed by atoms with E-state index in [1.807, 2.05) is 46.8 Å². The van der Waals surface area contributed by atoms with Gasteiger partial charge in [0.15, 0.2) is 23.1 Å². The summed E-state index contributed by atoms with van der Waals surface area (Å²) in [6.07, 6.45) is 34.8. The normalized spacial score (nSPS) is 28.7. The van der Waals surface area contributed by atoms with Gasteiger partial charge in [-0.25, -0.2) is 0 Å². The summed E-state index contributed by atoms with van der Waals surface area (Å²) in [6.45, 7) is 31.1. The molecule has 6 aliphatic heterocycles. The molecule has 6 saturated heterocycles. The van der Waals surface area contributed by atoms with E-state index in [9.17, 15) is 49.2 Å². The molecule has 0 aromatic heterocycles. The number of ketones is 2. The van der Waals surface area contributed by atoms with Gasteiger partial charge in [-0.15, -0.1) is 6.58 Å². The molecule has 6 heterocycles. The molecule has 7 unspecified atom stereocenters. The van der Waals surface area contributed by atoms with E-state index in [4.69, 9.17) is 39.5 Å². The maximum absolute atomic E-state index is 12.9. The lowest BCUT2D eigenvalue weighted by molar-refractivity contribution is -0.324. The third-order valence-electron chi connectivity index (χ3n) is 24.0. The molecule has 26 heteroatoms. The van der Waals surface area contributed by atoms with Gasteiger partial charge in [0.05, 0.1) is 97.9 Å². The quantitative estimate of drug-likeness (QED) is 0.00701. The second kappa shape index (κ2) is 55.0. The van der Waals surface area contributed by atoms with Crippen LogP contribution in [0, 0.1) is 47.3 Å². The van der Waals surface area contributed by atoms with Gasteiger partial charge >= 0.3 is 0 Å². The number of azide groups is 2.